The van der Waals surface area contributed by atoms with Crippen LogP contribution in [-0.4, -0.2) is 41.5 Å². The number of rotatable bonds is 6. The van der Waals surface area contributed by atoms with Gasteiger partial charge in [-0.25, -0.2) is 0 Å². The predicted octanol–water partition coefficient (Wildman–Crippen LogP) is 2.13. The lowest BCUT2D eigenvalue weighted by Crippen LogP contribution is -2.37. The molecule has 0 radical (unpaired) electrons. The summed E-state index contributed by atoms with van der Waals surface area (Å²) >= 11 is 1.40. The Hall–Kier alpha value is -2.18. The Morgan fingerprint density at radius 3 is 2.52 bits per heavy atom. The number of hydrogen-bond donors (Lipinski definition) is 2. The molecule has 5 nitrogen and oxygen atoms in total. The lowest BCUT2D eigenvalue weighted by atomic mass is 10.1. The minimum absolute atomic E-state index is 0.0743. The number of nitrogens with zero attached hydrogens (tertiary/aromatic N) is 1. The maximum atomic E-state index is 12.2. The number of nitrogens with one attached hydrogen (secondary N) is 1. The zero-order valence-corrected chi connectivity index (χ0v) is 14.0. The standard InChI is InChI=1S/C17H20N2O3S/c1-12(11-20)19(2)17(22)14-7-5-13(6-8-14)10-18-16(21)15-4-3-9-23-15/h3-9,12,20H,10-11H2,1-2H3,(H,18,21). The molecule has 0 fully saturated rings. The van der Waals surface area contributed by atoms with Gasteiger partial charge in [0.15, 0.2) is 0 Å². The minimum Gasteiger partial charge on any atom is -0.394 e. The van der Waals surface area contributed by atoms with Gasteiger partial charge in [0.25, 0.3) is 11.8 Å². The number of thiophene rings is 1. The highest BCUT2D eigenvalue weighted by Gasteiger charge is 2.16. The summed E-state index contributed by atoms with van der Waals surface area (Å²) in [5.41, 5.74) is 1.48. The largest absolute Gasteiger partial charge is 0.394 e. The third-order valence-corrected chi connectivity index (χ3v) is 4.51. The van der Waals surface area contributed by atoms with Crippen molar-refractivity contribution in [3.63, 3.8) is 0 Å². The highest BCUT2D eigenvalue weighted by atomic mass is 32.1. The van der Waals surface area contributed by atoms with E-state index in [2.05, 4.69) is 5.32 Å². The molecule has 122 valence electrons. The Morgan fingerprint density at radius 1 is 1.26 bits per heavy atom. The predicted molar refractivity (Wildman–Crippen MR) is 90.6 cm³/mol. The van der Waals surface area contributed by atoms with E-state index in [-0.39, 0.29) is 24.5 Å². The summed E-state index contributed by atoms with van der Waals surface area (Å²) < 4.78 is 0. The molecule has 1 atom stereocenters. The molecule has 2 amide bonds. The second kappa shape index (κ2) is 7.89. The summed E-state index contributed by atoms with van der Waals surface area (Å²) in [7, 11) is 1.67. The average molecular weight is 332 g/mol. The average Bonchev–Trinajstić information content (AvgIpc) is 3.12. The molecule has 0 aliphatic carbocycles. The van der Waals surface area contributed by atoms with Gasteiger partial charge < -0.3 is 15.3 Å². The molecule has 2 N–H and O–H groups in total. The molecule has 23 heavy (non-hydrogen) atoms. The normalized spacial score (nSPS) is 11.8. The maximum Gasteiger partial charge on any atom is 0.261 e. The molecular weight excluding hydrogens is 312 g/mol. The van der Waals surface area contributed by atoms with E-state index in [0.29, 0.717) is 17.0 Å². The van der Waals surface area contributed by atoms with Crippen molar-refractivity contribution >= 4 is 23.2 Å². The van der Waals surface area contributed by atoms with E-state index in [1.54, 1.807) is 32.2 Å². The molecule has 1 aromatic carbocycles. The molecule has 0 aliphatic heterocycles. The molecule has 1 heterocycles. The van der Waals surface area contributed by atoms with Crippen LogP contribution >= 0.6 is 11.3 Å². The number of aliphatic hydroxyl groups excluding tert-OH is 1. The highest BCUT2D eigenvalue weighted by molar-refractivity contribution is 7.12. The van der Waals surface area contributed by atoms with Gasteiger partial charge in [0.05, 0.1) is 17.5 Å². The van der Waals surface area contributed by atoms with E-state index in [9.17, 15) is 9.59 Å². The molecule has 0 spiro atoms. The number of likely N-dealkylation sites (N-methyl/N-ethyl adjacent to an activating group) is 1. The van der Waals surface area contributed by atoms with Crippen molar-refractivity contribution in [2.75, 3.05) is 13.7 Å². The molecular formula is C17H20N2O3S. The lowest BCUT2D eigenvalue weighted by Gasteiger charge is -2.23. The first kappa shape index (κ1) is 17.2. The van der Waals surface area contributed by atoms with E-state index in [4.69, 9.17) is 5.11 Å². The van der Waals surface area contributed by atoms with Gasteiger partial charge in [-0.1, -0.05) is 18.2 Å². The molecule has 0 bridgehead atoms. The maximum absolute atomic E-state index is 12.2. The van der Waals surface area contributed by atoms with Crippen LogP contribution in [0.25, 0.3) is 0 Å². The zero-order chi connectivity index (χ0) is 16.8. The van der Waals surface area contributed by atoms with Gasteiger partial charge in [0.1, 0.15) is 0 Å². The number of benzene rings is 1. The van der Waals surface area contributed by atoms with Crippen LogP contribution in [0.5, 0.6) is 0 Å². The SMILES string of the molecule is CC(CO)N(C)C(=O)c1ccc(CNC(=O)c2cccs2)cc1. The minimum atomic E-state index is -0.229. The molecule has 2 rings (SSSR count). The highest BCUT2D eigenvalue weighted by Crippen LogP contribution is 2.11. The van der Waals surface area contributed by atoms with Gasteiger partial charge in [0, 0.05) is 19.2 Å². The fourth-order valence-electron chi connectivity index (χ4n) is 1.97. The molecule has 1 aromatic heterocycles. The summed E-state index contributed by atoms with van der Waals surface area (Å²) in [6.07, 6.45) is 0. The smallest absolute Gasteiger partial charge is 0.261 e. The second-order valence-corrected chi connectivity index (χ2v) is 6.25. The van der Waals surface area contributed by atoms with Crippen molar-refractivity contribution in [3.05, 3.63) is 57.8 Å². The Labute approximate surface area is 139 Å². The number of carbonyl (C=O) groups is 2. The molecule has 0 aliphatic rings. The van der Waals surface area contributed by atoms with Crippen LogP contribution in [-0.2, 0) is 6.54 Å². The first-order chi connectivity index (χ1) is 11.0. The van der Waals surface area contributed by atoms with E-state index in [1.807, 2.05) is 23.6 Å². The number of carbonyl (C=O) groups excluding carboxylic acids is 2. The van der Waals surface area contributed by atoms with E-state index >= 15 is 0 Å². The van der Waals surface area contributed by atoms with Crippen LogP contribution in [0, 0.1) is 0 Å². The second-order valence-electron chi connectivity index (χ2n) is 5.30. The number of hydrogen-bond acceptors (Lipinski definition) is 4. The summed E-state index contributed by atoms with van der Waals surface area (Å²) in [5, 5.41) is 13.8. The Balaban J connectivity index is 1.94. The Bertz CT molecular complexity index is 653. The van der Waals surface area contributed by atoms with Crippen LogP contribution in [0.3, 0.4) is 0 Å². The quantitative estimate of drug-likeness (QED) is 0.851. The Kier molecular flexibility index (Phi) is 5.90. The topological polar surface area (TPSA) is 69.6 Å². The molecule has 0 saturated carbocycles. The molecule has 2 aromatic rings. The monoisotopic (exact) mass is 332 g/mol. The molecule has 1 unspecified atom stereocenters. The van der Waals surface area contributed by atoms with Crippen molar-refractivity contribution in [2.24, 2.45) is 0 Å². The van der Waals surface area contributed by atoms with Gasteiger partial charge in [0.2, 0.25) is 0 Å². The molecule has 6 heteroatoms. The van der Waals surface area contributed by atoms with Gasteiger partial charge in [-0.15, -0.1) is 11.3 Å². The van der Waals surface area contributed by atoms with Gasteiger partial charge >= 0.3 is 0 Å². The summed E-state index contributed by atoms with van der Waals surface area (Å²) in [5.74, 6) is -0.239. The summed E-state index contributed by atoms with van der Waals surface area (Å²) in [6, 6.07) is 10.5. The van der Waals surface area contributed by atoms with Crippen LogP contribution in [0.1, 0.15) is 32.5 Å². The summed E-state index contributed by atoms with van der Waals surface area (Å²) in [4.78, 5) is 26.3. The van der Waals surface area contributed by atoms with Crippen LogP contribution in [0.15, 0.2) is 41.8 Å². The van der Waals surface area contributed by atoms with Crippen molar-refractivity contribution in [3.8, 4) is 0 Å². The van der Waals surface area contributed by atoms with Gasteiger partial charge in [-0.3, -0.25) is 9.59 Å². The van der Waals surface area contributed by atoms with E-state index in [1.165, 1.54) is 16.2 Å². The van der Waals surface area contributed by atoms with Gasteiger partial charge in [-0.05, 0) is 36.1 Å². The fraction of sp³-hybridized carbons (Fsp3) is 0.294. The van der Waals surface area contributed by atoms with Crippen LogP contribution < -0.4 is 5.32 Å². The fourth-order valence-corrected chi connectivity index (χ4v) is 2.61. The number of aliphatic hydroxyl groups is 1. The van der Waals surface area contributed by atoms with Crippen molar-refractivity contribution in [1.82, 2.24) is 10.2 Å². The zero-order valence-electron chi connectivity index (χ0n) is 13.2. The number of amides is 2. The van der Waals surface area contributed by atoms with Gasteiger partial charge in [-0.2, -0.15) is 0 Å². The van der Waals surface area contributed by atoms with Crippen molar-refractivity contribution < 1.29 is 14.7 Å². The van der Waals surface area contributed by atoms with E-state index in [0.717, 1.165) is 5.56 Å². The first-order valence-electron chi connectivity index (χ1n) is 7.31. The third kappa shape index (κ3) is 4.40. The van der Waals surface area contributed by atoms with Crippen molar-refractivity contribution in [1.29, 1.82) is 0 Å². The van der Waals surface area contributed by atoms with Crippen molar-refractivity contribution in [2.45, 2.75) is 19.5 Å². The molecule has 0 saturated heterocycles. The van der Waals surface area contributed by atoms with Crippen LogP contribution in [0.4, 0.5) is 0 Å². The lowest BCUT2D eigenvalue weighted by molar-refractivity contribution is 0.0682. The van der Waals surface area contributed by atoms with Crippen LogP contribution in [0.2, 0.25) is 0 Å². The summed E-state index contributed by atoms with van der Waals surface area (Å²) in [6.45, 7) is 2.12. The van der Waals surface area contributed by atoms with E-state index < -0.39 is 0 Å². The third-order valence-electron chi connectivity index (χ3n) is 3.64. The first-order valence-corrected chi connectivity index (χ1v) is 8.19. The Morgan fingerprint density at radius 2 is 1.96 bits per heavy atom.